The van der Waals surface area contributed by atoms with Crippen LogP contribution in [0.1, 0.15) is 5.56 Å². The Balaban J connectivity index is 2.41. The van der Waals surface area contributed by atoms with Crippen LogP contribution in [0.15, 0.2) is 24.5 Å². The highest BCUT2D eigenvalue weighted by molar-refractivity contribution is 7.80. The first-order valence-corrected chi connectivity index (χ1v) is 5.92. The maximum absolute atomic E-state index is 12.4. The van der Waals surface area contributed by atoms with E-state index in [-0.39, 0.29) is 6.54 Å². The normalized spacial score (nSPS) is 13.1. The fraction of sp³-hybridized carbons (Fsp3) is 0.455. The second-order valence-electron chi connectivity index (χ2n) is 3.67. The van der Waals surface area contributed by atoms with E-state index in [0.717, 1.165) is 5.56 Å². The molecule has 1 unspecified atom stereocenters. The van der Waals surface area contributed by atoms with E-state index in [9.17, 15) is 18.0 Å². The van der Waals surface area contributed by atoms with E-state index in [1.165, 1.54) is 0 Å². The minimum absolute atomic E-state index is 0.156. The van der Waals surface area contributed by atoms with Gasteiger partial charge in [0.05, 0.1) is 0 Å². The van der Waals surface area contributed by atoms with Crippen molar-refractivity contribution in [3.63, 3.8) is 0 Å². The molecule has 0 aromatic carbocycles. The van der Waals surface area contributed by atoms with Gasteiger partial charge in [-0.15, -0.1) is 0 Å². The lowest BCUT2D eigenvalue weighted by molar-refractivity contribution is -0.177. The summed E-state index contributed by atoms with van der Waals surface area (Å²) in [5.41, 5.74) is 0.903. The first-order chi connectivity index (χ1) is 8.45. The summed E-state index contributed by atoms with van der Waals surface area (Å²) in [6.07, 6.45) is -0.916. The van der Waals surface area contributed by atoms with Gasteiger partial charge in [0.15, 0.2) is 0 Å². The number of aromatic nitrogens is 1. The molecule has 0 aliphatic rings. The van der Waals surface area contributed by atoms with Gasteiger partial charge in [-0.05, 0) is 24.1 Å². The zero-order chi connectivity index (χ0) is 13.6. The van der Waals surface area contributed by atoms with Gasteiger partial charge in [-0.2, -0.15) is 25.8 Å². The molecule has 0 bridgehead atoms. The topological polar surface area (TPSA) is 42.0 Å². The highest BCUT2D eigenvalue weighted by atomic mass is 32.1. The molecule has 1 rings (SSSR count). The number of hydrogen-bond acceptors (Lipinski definition) is 3. The molecule has 0 aliphatic heterocycles. The maximum atomic E-state index is 12.4. The zero-order valence-corrected chi connectivity index (χ0v) is 10.3. The number of carbonyl (C=O) groups is 1. The summed E-state index contributed by atoms with van der Waals surface area (Å²) in [6, 6.07) is 3.48. The molecule has 0 saturated heterocycles. The van der Waals surface area contributed by atoms with Crippen LogP contribution in [0.5, 0.6) is 0 Å². The van der Waals surface area contributed by atoms with Gasteiger partial charge in [0.1, 0.15) is 5.92 Å². The van der Waals surface area contributed by atoms with Crippen molar-refractivity contribution in [2.45, 2.75) is 12.6 Å². The number of nitrogens with one attached hydrogen (secondary N) is 1. The predicted octanol–water partition coefficient (Wildman–Crippen LogP) is 1.85. The van der Waals surface area contributed by atoms with Crippen molar-refractivity contribution in [3.05, 3.63) is 30.1 Å². The SMILES string of the molecule is O=C(NCCc1ccncc1)C(CS)C(F)(F)F. The van der Waals surface area contributed by atoms with Crippen LogP contribution >= 0.6 is 12.6 Å². The number of alkyl halides is 3. The highest BCUT2D eigenvalue weighted by Gasteiger charge is 2.43. The molecule has 0 spiro atoms. The molecular weight excluding hydrogens is 265 g/mol. The number of thiol groups is 1. The average Bonchev–Trinajstić information content (AvgIpc) is 2.29. The van der Waals surface area contributed by atoms with E-state index in [2.05, 4.69) is 22.9 Å². The minimum Gasteiger partial charge on any atom is -0.355 e. The molecule has 100 valence electrons. The number of nitrogens with zero attached hydrogens (tertiary/aromatic N) is 1. The van der Waals surface area contributed by atoms with E-state index in [1.54, 1.807) is 24.5 Å². The summed E-state index contributed by atoms with van der Waals surface area (Å²) < 4.78 is 37.2. The largest absolute Gasteiger partial charge is 0.401 e. The molecular formula is C11H13F3N2OS. The Bertz CT molecular complexity index is 384. The second kappa shape index (κ2) is 6.63. The van der Waals surface area contributed by atoms with E-state index in [1.807, 2.05) is 0 Å². The summed E-state index contributed by atoms with van der Waals surface area (Å²) in [5.74, 6) is -3.64. The quantitative estimate of drug-likeness (QED) is 0.807. The molecule has 0 saturated carbocycles. The van der Waals surface area contributed by atoms with Crippen LogP contribution in [0.2, 0.25) is 0 Å². The van der Waals surface area contributed by atoms with E-state index >= 15 is 0 Å². The summed E-state index contributed by atoms with van der Waals surface area (Å²) >= 11 is 3.55. The predicted molar refractivity (Wildman–Crippen MR) is 64.3 cm³/mol. The molecule has 1 N–H and O–H groups in total. The number of amides is 1. The molecule has 1 heterocycles. The van der Waals surface area contributed by atoms with Crippen molar-refractivity contribution in [2.75, 3.05) is 12.3 Å². The van der Waals surface area contributed by atoms with Crippen molar-refractivity contribution in [3.8, 4) is 0 Å². The molecule has 0 aliphatic carbocycles. The van der Waals surface area contributed by atoms with E-state index < -0.39 is 23.8 Å². The van der Waals surface area contributed by atoms with Gasteiger partial charge in [-0.25, -0.2) is 0 Å². The molecule has 18 heavy (non-hydrogen) atoms. The van der Waals surface area contributed by atoms with Gasteiger partial charge < -0.3 is 5.32 Å². The Labute approximate surface area is 108 Å². The molecule has 0 fully saturated rings. The lowest BCUT2D eigenvalue weighted by Crippen LogP contribution is -2.41. The van der Waals surface area contributed by atoms with Crippen molar-refractivity contribution in [1.29, 1.82) is 0 Å². The third-order valence-corrected chi connectivity index (χ3v) is 2.72. The first-order valence-electron chi connectivity index (χ1n) is 5.29. The Morgan fingerprint density at radius 2 is 2.00 bits per heavy atom. The molecule has 0 radical (unpaired) electrons. The van der Waals surface area contributed by atoms with Gasteiger partial charge in [0, 0.05) is 24.7 Å². The van der Waals surface area contributed by atoms with Gasteiger partial charge in [0.2, 0.25) is 5.91 Å². The Morgan fingerprint density at radius 3 is 2.50 bits per heavy atom. The molecule has 1 atom stereocenters. The van der Waals surface area contributed by atoms with Crippen LogP contribution in [0.25, 0.3) is 0 Å². The third-order valence-electron chi connectivity index (χ3n) is 2.36. The fourth-order valence-electron chi connectivity index (χ4n) is 1.34. The van der Waals surface area contributed by atoms with Gasteiger partial charge in [-0.3, -0.25) is 9.78 Å². The number of pyridine rings is 1. The number of hydrogen-bond donors (Lipinski definition) is 2. The Kier molecular flexibility index (Phi) is 5.46. The standard InChI is InChI=1S/C11H13F3N2OS/c12-11(13,14)9(7-18)10(17)16-6-3-8-1-4-15-5-2-8/h1-2,4-5,9,18H,3,6-7H2,(H,16,17). The van der Waals surface area contributed by atoms with Crippen LogP contribution in [-0.2, 0) is 11.2 Å². The first kappa shape index (κ1) is 14.8. The van der Waals surface area contributed by atoms with Crippen molar-refractivity contribution in [1.82, 2.24) is 10.3 Å². The highest BCUT2D eigenvalue weighted by Crippen LogP contribution is 2.27. The van der Waals surface area contributed by atoms with E-state index in [0.29, 0.717) is 6.42 Å². The summed E-state index contributed by atoms with van der Waals surface area (Å²) in [7, 11) is 0. The van der Waals surface area contributed by atoms with Crippen LogP contribution in [0.4, 0.5) is 13.2 Å². The lowest BCUT2D eigenvalue weighted by Gasteiger charge is -2.17. The third kappa shape index (κ3) is 4.56. The van der Waals surface area contributed by atoms with Gasteiger partial charge in [0.25, 0.3) is 0 Å². The van der Waals surface area contributed by atoms with Crippen molar-refractivity contribution >= 4 is 18.5 Å². The molecule has 7 heteroatoms. The summed E-state index contributed by atoms with van der Waals surface area (Å²) in [6.45, 7) is 0.156. The maximum Gasteiger partial charge on any atom is 0.401 e. The summed E-state index contributed by atoms with van der Waals surface area (Å²) in [4.78, 5) is 15.1. The average molecular weight is 278 g/mol. The Hall–Kier alpha value is -1.24. The molecule has 1 aromatic rings. The van der Waals surface area contributed by atoms with E-state index in [4.69, 9.17) is 0 Å². The second-order valence-corrected chi connectivity index (χ2v) is 4.04. The number of carbonyl (C=O) groups excluding carboxylic acids is 1. The molecule has 1 aromatic heterocycles. The zero-order valence-electron chi connectivity index (χ0n) is 9.44. The van der Waals surface area contributed by atoms with Crippen LogP contribution < -0.4 is 5.32 Å². The van der Waals surface area contributed by atoms with Crippen molar-refractivity contribution in [2.24, 2.45) is 5.92 Å². The number of rotatable bonds is 5. The van der Waals surface area contributed by atoms with Crippen LogP contribution in [0, 0.1) is 5.92 Å². The fourth-order valence-corrected chi connectivity index (χ4v) is 1.71. The number of halogens is 3. The molecule has 3 nitrogen and oxygen atoms in total. The Morgan fingerprint density at radius 1 is 1.39 bits per heavy atom. The molecule has 1 amide bonds. The smallest absolute Gasteiger partial charge is 0.355 e. The monoisotopic (exact) mass is 278 g/mol. The van der Waals surface area contributed by atoms with Crippen molar-refractivity contribution < 1.29 is 18.0 Å². The summed E-state index contributed by atoms with van der Waals surface area (Å²) in [5, 5.41) is 2.26. The van der Waals surface area contributed by atoms with Crippen LogP contribution in [0.3, 0.4) is 0 Å². The minimum atomic E-state index is -4.55. The van der Waals surface area contributed by atoms with Gasteiger partial charge in [-0.1, -0.05) is 0 Å². The van der Waals surface area contributed by atoms with Crippen LogP contribution in [-0.4, -0.2) is 29.4 Å². The lowest BCUT2D eigenvalue weighted by atomic mass is 10.1. The van der Waals surface area contributed by atoms with Gasteiger partial charge >= 0.3 is 6.18 Å².